The molecule has 132 valence electrons. The molecule has 0 unspecified atom stereocenters. The van der Waals surface area contributed by atoms with Gasteiger partial charge >= 0.3 is 0 Å². The maximum atomic E-state index is 5.68. The quantitative estimate of drug-likeness (QED) is 0.655. The van der Waals surface area contributed by atoms with Gasteiger partial charge in [-0.05, 0) is 38.2 Å². The van der Waals surface area contributed by atoms with Crippen LogP contribution in [-0.2, 0) is 6.54 Å². The number of nitrogens with one attached hydrogen (secondary N) is 1. The summed E-state index contributed by atoms with van der Waals surface area (Å²) in [4.78, 5) is 11.2. The summed E-state index contributed by atoms with van der Waals surface area (Å²) in [5.74, 6) is 3.59. The molecule has 0 spiro atoms. The second kappa shape index (κ2) is 7.64. The molecule has 1 N–H and O–H groups in total. The molecule has 24 heavy (non-hydrogen) atoms. The van der Waals surface area contributed by atoms with E-state index in [1.165, 1.54) is 12.8 Å². The van der Waals surface area contributed by atoms with E-state index in [-0.39, 0.29) is 4.75 Å². The summed E-state index contributed by atoms with van der Waals surface area (Å²) in [6, 6.07) is 4.04. The van der Waals surface area contributed by atoms with Gasteiger partial charge in [0, 0.05) is 49.4 Å². The fourth-order valence-corrected chi connectivity index (χ4v) is 3.91. The van der Waals surface area contributed by atoms with Crippen LogP contribution in [0.2, 0.25) is 0 Å². The lowest BCUT2D eigenvalue weighted by atomic mass is 10.2. The highest BCUT2D eigenvalue weighted by molar-refractivity contribution is 8.00. The SMILES string of the molecule is CN=C(NCc1ccc(OCC2CC2)nc1)N1CCSC(C)(C)C1. The van der Waals surface area contributed by atoms with Crippen molar-refractivity contribution in [2.75, 3.05) is 32.5 Å². The summed E-state index contributed by atoms with van der Waals surface area (Å²) in [7, 11) is 1.85. The van der Waals surface area contributed by atoms with Gasteiger partial charge < -0.3 is 15.0 Å². The van der Waals surface area contributed by atoms with Gasteiger partial charge in [-0.25, -0.2) is 4.98 Å². The normalized spacial score (nSPS) is 20.8. The third-order valence-corrected chi connectivity index (χ3v) is 5.65. The van der Waals surface area contributed by atoms with Crippen LogP contribution >= 0.6 is 11.8 Å². The Morgan fingerprint density at radius 1 is 1.46 bits per heavy atom. The average molecular weight is 349 g/mol. The lowest BCUT2D eigenvalue weighted by molar-refractivity contribution is 0.288. The van der Waals surface area contributed by atoms with Crippen molar-refractivity contribution in [1.82, 2.24) is 15.2 Å². The van der Waals surface area contributed by atoms with Gasteiger partial charge in [-0.3, -0.25) is 4.99 Å². The fraction of sp³-hybridized carbons (Fsp3) is 0.667. The number of aromatic nitrogens is 1. The smallest absolute Gasteiger partial charge is 0.213 e. The lowest BCUT2D eigenvalue weighted by Gasteiger charge is -2.39. The van der Waals surface area contributed by atoms with Gasteiger partial charge in [-0.1, -0.05) is 6.07 Å². The highest BCUT2D eigenvalue weighted by atomic mass is 32.2. The van der Waals surface area contributed by atoms with Crippen LogP contribution in [0, 0.1) is 5.92 Å². The largest absolute Gasteiger partial charge is 0.477 e. The monoisotopic (exact) mass is 348 g/mol. The minimum Gasteiger partial charge on any atom is -0.477 e. The Balaban J connectivity index is 1.49. The summed E-state index contributed by atoms with van der Waals surface area (Å²) in [6.45, 7) is 8.18. The van der Waals surface area contributed by atoms with Gasteiger partial charge in [0.2, 0.25) is 5.88 Å². The van der Waals surface area contributed by atoms with Crippen molar-refractivity contribution in [2.45, 2.75) is 38.0 Å². The second-order valence-electron chi connectivity index (χ2n) is 7.19. The number of thioether (sulfide) groups is 1. The number of pyridine rings is 1. The van der Waals surface area contributed by atoms with Crippen molar-refractivity contribution in [3.63, 3.8) is 0 Å². The van der Waals surface area contributed by atoms with Crippen LogP contribution in [0.1, 0.15) is 32.3 Å². The molecule has 1 aromatic rings. The minimum absolute atomic E-state index is 0.276. The van der Waals surface area contributed by atoms with Crippen molar-refractivity contribution in [3.05, 3.63) is 23.9 Å². The standard InChI is InChI=1S/C18H28N4OS/c1-18(2)13-22(8-9-24-18)17(19-3)21-11-15-6-7-16(20-10-15)23-12-14-4-5-14/h6-7,10,14H,4-5,8-9,11-13H2,1-3H3,(H,19,21). The number of aliphatic imine (C=N–C) groups is 1. The first kappa shape index (κ1) is 17.4. The van der Waals surface area contributed by atoms with Crippen molar-refractivity contribution < 1.29 is 4.74 Å². The first-order valence-corrected chi connectivity index (χ1v) is 9.71. The molecule has 0 amide bonds. The van der Waals surface area contributed by atoms with Crippen LogP contribution in [0.15, 0.2) is 23.3 Å². The number of ether oxygens (including phenoxy) is 1. The Morgan fingerprint density at radius 2 is 2.29 bits per heavy atom. The Kier molecular flexibility index (Phi) is 5.54. The average Bonchev–Trinajstić information content (AvgIpc) is 3.38. The maximum absolute atomic E-state index is 5.68. The third kappa shape index (κ3) is 5.03. The van der Waals surface area contributed by atoms with Crippen LogP contribution in [0.3, 0.4) is 0 Å². The van der Waals surface area contributed by atoms with Crippen LogP contribution in [0.5, 0.6) is 5.88 Å². The predicted octanol–water partition coefficient (Wildman–Crippen LogP) is 2.77. The zero-order valence-electron chi connectivity index (χ0n) is 14.9. The van der Waals surface area contributed by atoms with Gasteiger partial charge in [0.05, 0.1) is 6.61 Å². The molecule has 0 atom stereocenters. The van der Waals surface area contributed by atoms with Crippen LogP contribution < -0.4 is 10.1 Å². The summed E-state index contributed by atoms with van der Waals surface area (Å²) in [6.07, 6.45) is 4.48. The third-order valence-electron chi connectivity index (χ3n) is 4.35. The molecule has 0 aromatic carbocycles. The fourth-order valence-electron chi connectivity index (χ4n) is 2.80. The van der Waals surface area contributed by atoms with Gasteiger partial charge in [-0.2, -0.15) is 11.8 Å². The molecular weight excluding hydrogens is 320 g/mol. The number of nitrogens with zero attached hydrogens (tertiary/aromatic N) is 3. The van der Waals surface area contributed by atoms with Gasteiger partial charge in [0.1, 0.15) is 0 Å². The highest BCUT2D eigenvalue weighted by Crippen LogP contribution is 2.30. The molecule has 6 heteroatoms. The molecule has 1 aliphatic heterocycles. The summed E-state index contributed by atoms with van der Waals surface area (Å²) in [5.41, 5.74) is 1.14. The molecule has 5 nitrogen and oxygen atoms in total. The number of hydrogen-bond donors (Lipinski definition) is 1. The van der Waals surface area contributed by atoms with E-state index >= 15 is 0 Å². The van der Waals surface area contributed by atoms with E-state index in [0.29, 0.717) is 0 Å². The molecule has 1 saturated carbocycles. The Bertz CT molecular complexity index is 569. The zero-order valence-corrected chi connectivity index (χ0v) is 15.7. The Labute approximate surface area is 149 Å². The summed E-state index contributed by atoms with van der Waals surface area (Å²) in [5, 5.41) is 3.46. The summed E-state index contributed by atoms with van der Waals surface area (Å²) < 4.78 is 5.96. The van der Waals surface area contributed by atoms with Gasteiger partial charge in [0.15, 0.2) is 5.96 Å². The van der Waals surface area contributed by atoms with E-state index in [9.17, 15) is 0 Å². The predicted molar refractivity (Wildman–Crippen MR) is 101 cm³/mol. The molecule has 0 bridgehead atoms. The number of guanidine groups is 1. The molecule has 2 heterocycles. The number of hydrogen-bond acceptors (Lipinski definition) is 4. The molecule has 2 aliphatic rings. The minimum atomic E-state index is 0.276. The van der Waals surface area contributed by atoms with Crippen molar-refractivity contribution in [2.24, 2.45) is 10.9 Å². The van der Waals surface area contributed by atoms with E-state index in [1.54, 1.807) is 0 Å². The molecule has 1 aromatic heterocycles. The van der Waals surface area contributed by atoms with Crippen LogP contribution in [0.4, 0.5) is 0 Å². The first-order valence-electron chi connectivity index (χ1n) is 8.73. The van der Waals surface area contributed by atoms with Crippen molar-refractivity contribution >= 4 is 17.7 Å². The summed E-state index contributed by atoms with van der Waals surface area (Å²) >= 11 is 2.03. The first-order chi connectivity index (χ1) is 11.6. The highest BCUT2D eigenvalue weighted by Gasteiger charge is 2.28. The van der Waals surface area contributed by atoms with E-state index < -0.39 is 0 Å². The molecule has 0 radical (unpaired) electrons. The topological polar surface area (TPSA) is 49.8 Å². The van der Waals surface area contributed by atoms with Gasteiger partial charge in [-0.15, -0.1) is 0 Å². The van der Waals surface area contributed by atoms with Crippen LogP contribution in [-0.4, -0.2) is 53.1 Å². The van der Waals surface area contributed by atoms with Gasteiger partial charge in [0.25, 0.3) is 0 Å². The Morgan fingerprint density at radius 3 is 2.92 bits per heavy atom. The van der Waals surface area contributed by atoms with E-state index in [1.807, 2.05) is 31.1 Å². The Hall–Kier alpha value is -1.43. The molecular formula is C18H28N4OS. The molecule has 3 rings (SSSR count). The van der Waals surface area contributed by atoms with E-state index in [2.05, 4.69) is 40.1 Å². The van der Waals surface area contributed by atoms with Crippen LogP contribution in [0.25, 0.3) is 0 Å². The van der Waals surface area contributed by atoms with Crippen molar-refractivity contribution in [3.8, 4) is 5.88 Å². The maximum Gasteiger partial charge on any atom is 0.213 e. The van der Waals surface area contributed by atoms with E-state index in [4.69, 9.17) is 4.74 Å². The second-order valence-corrected chi connectivity index (χ2v) is 8.99. The molecule has 2 fully saturated rings. The van der Waals surface area contributed by atoms with E-state index in [0.717, 1.165) is 55.3 Å². The zero-order chi connectivity index (χ0) is 17.0. The molecule has 1 aliphatic carbocycles. The number of rotatable bonds is 5. The van der Waals surface area contributed by atoms with Crippen molar-refractivity contribution in [1.29, 1.82) is 0 Å². The molecule has 1 saturated heterocycles. The lowest BCUT2D eigenvalue weighted by Crippen LogP contribution is -2.50.